The molecule has 3 aromatic rings. The van der Waals surface area contributed by atoms with Crippen LogP contribution in [0, 0.1) is 25.7 Å². The molecule has 5 rings (SSSR count). The van der Waals surface area contributed by atoms with Crippen LogP contribution in [-0.2, 0) is 0 Å². The largest absolute Gasteiger partial charge is 0.478 e. The van der Waals surface area contributed by atoms with Crippen LogP contribution in [0.3, 0.4) is 0 Å². The molecule has 2 atom stereocenters. The highest BCUT2D eigenvalue weighted by molar-refractivity contribution is 5.88. The molecule has 2 aliphatic carbocycles. The van der Waals surface area contributed by atoms with Crippen LogP contribution in [0.15, 0.2) is 16.5 Å². The van der Waals surface area contributed by atoms with E-state index in [4.69, 9.17) is 19.1 Å². The molecule has 2 aliphatic rings. The number of nitrogens with one attached hydrogen (secondary N) is 2. The van der Waals surface area contributed by atoms with E-state index in [2.05, 4.69) is 22.5 Å². The summed E-state index contributed by atoms with van der Waals surface area (Å²) < 4.78 is 12.1. The molecule has 0 bridgehead atoms. The van der Waals surface area contributed by atoms with E-state index in [0.717, 1.165) is 77.6 Å². The minimum Gasteiger partial charge on any atom is -0.478 e. The van der Waals surface area contributed by atoms with E-state index < -0.39 is 0 Å². The molecule has 35 heavy (non-hydrogen) atoms. The molecule has 3 N–H and O–H groups in total. The van der Waals surface area contributed by atoms with E-state index in [1.807, 2.05) is 26.0 Å². The molecular formula is C26H36ClN5O3. The predicted octanol–water partition coefficient (Wildman–Crippen LogP) is 5.51. The van der Waals surface area contributed by atoms with Crippen LogP contribution < -0.4 is 15.4 Å². The Hall–Kier alpha value is -2.58. The number of aromatic nitrogens is 3. The summed E-state index contributed by atoms with van der Waals surface area (Å²) in [6, 6.07) is 4.23. The molecule has 190 valence electrons. The molecule has 8 nitrogen and oxygen atoms in total. The van der Waals surface area contributed by atoms with E-state index in [-0.39, 0.29) is 25.1 Å². The van der Waals surface area contributed by atoms with Crippen LogP contribution in [0.25, 0.3) is 22.3 Å². The third-order valence-electron chi connectivity index (χ3n) is 6.82. The van der Waals surface area contributed by atoms with Crippen LogP contribution in [0.1, 0.15) is 56.8 Å². The Kier molecular flexibility index (Phi) is 8.02. The number of ether oxygens (including phenoxy) is 1. The Balaban J connectivity index is 0.00000289. The zero-order valence-corrected chi connectivity index (χ0v) is 21.6. The fourth-order valence-electron chi connectivity index (χ4n) is 4.75. The van der Waals surface area contributed by atoms with Gasteiger partial charge < -0.3 is 24.9 Å². The van der Waals surface area contributed by atoms with E-state index >= 15 is 0 Å². The summed E-state index contributed by atoms with van der Waals surface area (Å²) in [5, 5.41) is 17.6. The summed E-state index contributed by atoms with van der Waals surface area (Å²) in [5.41, 5.74) is 3.28. The number of anilines is 2. The lowest BCUT2D eigenvalue weighted by Gasteiger charge is -2.18. The first kappa shape index (κ1) is 25.5. The van der Waals surface area contributed by atoms with E-state index in [1.165, 1.54) is 12.8 Å². The van der Waals surface area contributed by atoms with Gasteiger partial charge >= 0.3 is 0 Å². The van der Waals surface area contributed by atoms with Crippen molar-refractivity contribution >= 4 is 35.1 Å². The summed E-state index contributed by atoms with van der Waals surface area (Å²) in [5.74, 6) is 3.84. The number of furan rings is 1. The summed E-state index contributed by atoms with van der Waals surface area (Å²) in [7, 11) is 0. The normalized spacial score (nSPS) is 19.5. The Morgan fingerprint density at radius 2 is 1.86 bits per heavy atom. The third-order valence-corrected chi connectivity index (χ3v) is 6.82. The van der Waals surface area contributed by atoms with Crippen LogP contribution >= 0.6 is 12.4 Å². The summed E-state index contributed by atoms with van der Waals surface area (Å²) in [6.45, 7) is 7.80. The van der Waals surface area contributed by atoms with Crippen LogP contribution in [0.2, 0.25) is 0 Å². The Bertz CT molecular complexity index is 1160. The number of rotatable bonds is 10. The van der Waals surface area contributed by atoms with Crippen LogP contribution in [-0.4, -0.2) is 45.9 Å². The Morgan fingerprint density at radius 3 is 2.57 bits per heavy atom. The number of hydrogen-bond donors (Lipinski definition) is 3. The molecule has 3 heterocycles. The smallest absolute Gasteiger partial charge is 0.224 e. The quantitative estimate of drug-likeness (QED) is 0.334. The second-order valence-electron chi connectivity index (χ2n) is 9.81. The number of aliphatic hydroxyl groups excluding tert-OH is 1. The average Bonchev–Trinajstić information content (AvgIpc) is 3.38. The van der Waals surface area contributed by atoms with Crippen molar-refractivity contribution in [1.29, 1.82) is 0 Å². The molecule has 0 aromatic carbocycles. The van der Waals surface area contributed by atoms with Crippen molar-refractivity contribution in [2.24, 2.45) is 11.8 Å². The number of nitrogens with zero attached hydrogens (tertiary/aromatic N) is 3. The van der Waals surface area contributed by atoms with Gasteiger partial charge in [-0.25, -0.2) is 9.97 Å². The number of hydrogen-bond acceptors (Lipinski definition) is 8. The zero-order valence-electron chi connectivity index (χ0n) is 20.8. The van der Waals surface area contributed by atoms with Crippen LogP contribution in [0.5, 0.6) is 5.88 Å². The average molecular weight is 502 g/mol. The Morgan fingerprint density at radius 1 is 1.06 bits per heavy atom. The maximum absolute atomic E-state index is 9.59. The summed E-state index contributed by atoms with van der Waals surface area (Å²) in [4.78, 5) is 14.2. The monoisotopic (exact) mass is 501 g/mol. The molecule has 0 aliphatic heterocycles. The van der Waals surface area contributed by atoms with Crippen molar-refractivity contribution in [2.45, 2.75) is 65.3 Å². The first-order chi connectivity index (χ1) is 16.5. The summed E-state index contributed by atoms with van der Waals surface area (Å²) in [6.07, 6.45) is 6.45. The van der Waals surface area contributed by atoms with Crippen molar-refractivity contribution in [2.75, 3.05) is 30.4 Å². The van der Waals surface area contributed by atoms with Gasteiger partial charge in [0.1, 0.15) is 11.6 Å². The number of halogens is 1. The van der Waals surface area contributed by atoms with E-state index in [9.17, 15) is 5.11 Å². The number of aryl methyl sites for hydroxylation is 2. The molecule has 2 saturated carbocycles. The van der Waals surface area contributed by atoms with Gasteiger partial charge in [-0.15, -0.1) is 12.4 Å². The van der Waals surface area contributed by atoms with E-state index in [0.29, 0.717) is 24.4 Å². The SMILES string of the molecule is CCCOc1cc2cc(-c3c(C)nc(NCC4CC4)nc3NC3CCC(CO)C3)oc2c(C)n1.Cl. The lowest BCUT2D eigenvalue weighted by atomic mass is 10.1. The highest BCUT2D eigenvalue weighted by Gasteiger charge is 2.27. The first-order valence-electron chi connectivity index (χ1n) is 12.6. The predicted molar refractivity (Wildman–Crippen MR) is 141 cm³/mol. The van der Waals surface area contributed by atoms with Gasteiger partial charge in [-0.2, -0.15) is 4.98 Å². The Labute approximate surface area is 212 Å². The topological polar surface area (TPSA) is 105 Å². The minimum atomic E-state index is 0. The highest BCUT2D eigenvalue weighted by Crippen LogP contribution is 2.38. The van der Waals surface area contributed by atoms with Gasteiger partial charge in [0.25, 0.3) is 0 Å². The van der Waals surface area contributed by atoms with Crippen LogP contribution in [0.4, 0.5) is 11.8 Å². The second-order valence-corrected chi connectivity index (χ2v) is 9.81. The van der Waals surface area contributed by atoms with Gasteiger partial charge in [0.2, 0.25) is 11.8 Å². The molecule has 0 saturated heterocycles. The molecule has 0 radical (unpaired) electrons. The maximum atomic E-state index is 9.59. The van der Waals surface area contributed by atoms with Gasteiger partial charge in [0.05, 0.1) is 23.6 Å². The third kappa shape index (κ3) is 5.81. The molecule has 0 spiro atoms. The van der Waals surface area contributed by atoms with Gasteiger partial charge in [-0.3, -0.25) is 0 Å². The van der Waals surface area contributed by atoms with Gasteiger partial charge in [0.15, 0.2) is 5.58 Å². The van der Waals surface area contributed by atoms with Gasteiger partial charge in [-0.1, -0.05) is 6.92 Å². The first-order valence-corrected chi connectivity index (χ1v) is 12.6. The molecule has 9 heteroatoms. The minimum absolute atomic E-state index is 0. The lowest BCUT2D eigenvalue weighted by molar-refractivity contribution is 0.229. The molecule has 2 unspecified atom stereocenters. The fraction of sp³-hybridized carbons (Fsp3) is 0.577. The lowest BCUT2D eigenvalue weighted by Crippen LogP contribution is -2.19. The summed E-state index contributed by atoms with van der Waals surface area (Å²) >= 11 is 0. The fourth-order valence-corrected chi connectivity index (χ4v) is 4.75. The van der Waals surface area contributed by atoms with Crippen molar-refractivity contribution in [1.82, 2.24) is 15.0 Å². The maximum Gasteiger partial charge on any atom is 0.224 e. The van der Waals surface area contributed by atoms with Crippen molar-refractivity contribution < 1.29 is 14.3 Å². The molecule has 2 fully saturated rings. The highest BCUT2D eigenvalue weighted by atomic mass is 35.5. The van der Waals surface area contributed by atoms with Gasteiger partial charge in [-0.05, 0) is 70.3 Å². The van der Waals surface area contributed by atoms with Crippen molar-refractivity contribution in [3.63, 3.8) is 0 Å². The number of aliphatic hydroxyl groups is 1. The molecule has 0 amide bonds. The number of fused-ring (bicyclic) bond motifs is 1. The van der Waals surface area contributed by atoms with Gasteiger partial charge in [0, 0.05) is 30.6 Å². The second kappa shape index (κ2) is 11.0. The molecule has 3 aromatic heterocycles. The standard InChI is InChI=1S/C26H35N5O3.ClH/c1-4-9-33-22-12-19-11-21(34-24(19)16(3)28-22)23-15(2)29-26(27-13-17-5-6-17)31-25(23)30-20-8-7-18(10-20)14-32;/h11-12,17-18,20,32H,4-10,13-14H2,1-3H3,(H2,27,29,30,31);1H. The van der Waals surface area contributed by atoms with Crippen molar-refractivity contribution in [3.05, 3.63) is 23.5 Å². The van der Waals surface area contributed by atoms with Crippen molar-refractivity contribution in [3.8, 4) is 17.2 Å². The number of pyridine rings is 1. The van der Waals surface area contributed by atoms with E-state index in [1.54, 1.807) is 0 Å². The zero-order chi connectivity index (χ0) is 23.7. The molecular weight excluding hydrogens is 466 g/mol.